The molecule has 0 atom stereocenters. The van der Waals surface area contributed by atoms with Gasteiger partial charge in [-0.2, -0.15) is 0 Å². The standard InChI is InChI=1S/C18H15ClO2/c19-14-18(20)21-17(16-11-5-2-6-12-16)13-7-10-15-8-3-1-4-9-15/h1-13H,14H2/b10-7+,17-13+. The highest BCUT2D eigenvalue weighted by Gasteiger charge is 2.07. The molecule has 0 spiro atoms. The lowest BCUT2D eigenvalue weighted by atomic mass is 10.1. The molecule has 2 aromatic rings. The molecule has 0 aliphatic carbocycles. The van der Waals surface area contributed by atoms with Crippen molar-refractivity contribution in [1.29, 1.82) is 0 Å². The normalized spacial score (nSPS) is 11.6. The summed E-state index contributed by atoms with van der Waals surface area (Å²) in [5.74, 6) is -0.166. The Kier molecular flexibility index (Phi) is 5.80. The van der Waals surface area contributed by atoms with Crippen LogP contribution in [0.15, 0.2) is 72.8 Å². The van der Waals surface area contributed by atoms with Crippen LogP contribution < -0.4 is 0 Å². The third-order valence-corrected chi connectivity index (χ3v) is 2.95. The first kappa shape index (κ1) is 15.1. The van der Waals surface area contributed by atoms with E-state index in [0.717, 1.165) is 11.1 Å². The van der Waals surface area contributed by atoms with Crippen molar-refractivity contribution < 1.29 is 9.53 Å². The van der Waals surface area contributed by atoms with E-state index in [-0.39, 0.29) is 5.88 Å². The third-order valence-electron chi connectivity index (χ3n) is 2.73. The van der Waals surface area contributed by atoms with Crippen LogP contribution in [0.1, 0.15) is 11.1 Å². The Labute approximate surface area is 129 Å². The van der Waals surface area contributed by atoms with Crippen LogP contribution in [-0.4, -0.2) is 11.8 Å². The number of ether oxygens (including phenoxy) is 1. The Morgan fingerprint density at radius 3 is 2.24 bits per heavy atom. The molecule has 0 aliphatic rings. The molecule has 0 saturated heterocycles. The third kappa shape index (κ3) is 4.93. The van der Waals surface area contributed by atoms with Crippen LogP contribution in [0, 0.1) is 0 Å². The Morgan fingerprint density at radius 1 is 1.00 bits per heavy atom. The number of rotatable bonds is 5. The molecule has 0 saturated carbocycles. The van der Waals surface area contributed by atoms with Gasteiger partial charge in [0.1, 0.15) is 11.6 Å². The van der Waals surface area contributed by atoms with Crippen molar-refractivity contribution in [3.05, 3.63) is 83.9 Å². The smallest absolute Gasteiger partial charge is 0.326 e. The zero-order valence-electron chi connectivity index (χ0n) is 11.4. The lowest BCUT2D eigenvalue weighted by Gasteiger charge is -2.06. The maximum Gasteiger partial charge on any atom is 0.326 e. The molecular formula is C18H15ClO2. The van der Waals surface area contributed by atoms with Crippen LogP contribution in [0.4, 0.5) is 0 Å². The van der Waals surface area contributed by atoms with Crippen LogP contribution in [0.5, 0.6) is 0 Å². The van der Waals surface area contributed by atoms with Gasteiger partial charge in [0.2, 0.25) is 0 Å². The summed E-state index contributed by atoms with van der Waals surface area (Å²) < 4.78 is 5.26. The molecule has 0 unspecified atom stereocenters. The van der Waals surface area contributed by atoms with Crippen molar-refractivity contribution in [3.63, 3.8) is 0 Å². The fraction of sp³-hybridized carbons (Fsp3) is 0.0556. The van der Waals surface area contributed by atoms with E-state index in [0.29, 0.717) is 5.76 Å². The molecule has 0 fully saturated rings. The van der Waals surface area contributed by atoms with Gasteiger partial charge in [0.05, 0.1) is 0 Å². The number of halogens is 1. The Bertz CT molecular complexity index is 631. The highest BCUT2D eigenvalue weighted by atomic mass is 35.5. The SMILES string of the molecule is O=C(CCl)O/C(=C/C=C/c1ccccc1)c1ccccc1. The molecule has 21 heavy (non-hydrogen) atoms. The maximum absolute atomic E-state index is 11.4. The van der Waals surface area contributed by atoms with Gasteiger partial charge in [0.25, 0.3) is 0 Å². The van der Waals surface area contributed by atoms with Crippen LogP contribution in [0.25, 0.3) is 11.8 Å². The number of benzene rings is 2. The topological polar surface area (TPSA) is 26.3 Å². The zero-order chi connectivity index (χ0) is 14.9. The molecule has 0 heterocycles. The minimum Gasteiger partial charge on any atom is -0.425 e. The molecule has 2 aromatic carbocycles. The van der Waals surface area contributed by atoms with Gasteiger partial charge >= 0.3 is 5.97 Å². The molecule has 0 aromatic heterocycles. The molecular weight excluding hydrogens is 284 g/mol. The van der Waals surface area contributed by atoms with Crippen LogP contribution in [0.2, 0.25) is 0 Å². The second-order valence-electron chi connectivity index (χ2n) is 4.27. The highest BCUT2D eigenvalue weighted by Crippen LogP contribution is 2.16. The van der Waals surface area contributed by atoms with E-state index in [9.17, 15) is 4.79 Å². The number of esters is 1. The number of carbonyl (C=O) groups excluding carboxylic acids is 1. The minimum absolute atomic E-state index is 0.174. The number of carbonyl (C=O) groups is 1. The maximum atomic E-state index is 11.4. The van der Waals surface area contributed by atoms with Crippen molar-refractivity contribution in [2.24, 2.45) is 0 Å². The first-order valence-electron chi connectivity index (χ1n) is 6.55. The van der Waals surface area contributed by atoms with E-state index < -0.39 is 5.97 Å². The van der Waals surface area contributed by atoms with Gasteiger partial charge in [-0.25, -0.2) is 0 Å². The summed E-state index contributed by atoms with van der Waals surface area (Å²) >= 11 is 5.49. The number of hydrogen-bond acceptors (Lipinski definition) is 2. The first-order chi connectivity index (χ1) is 10.3. The van der Waals surface area contributed by atoms with E-state index in [1.54, 1.807) is 6.08 Å². The van der Waals surface area contributed by atoms with E-state index >= 15 is 0 Å². The second kappa shape index (κ2) is 8.08. The lowest BCUT2D eigenvalue weighted by molar-refractivity contribution is -0.133. The Hall–Kier alpha value is -2.32. The van der Waals surface area contributed by atoms with E-state index in [4.69, 9.17) is 16.3 Å². The van der Waals surface area contributed by atoms with Crippen molar-refractivity contribution in [2.75, 3.05) is 5.88 Å². The summed E-state index contributed by atoms with van der Waals surface area (Å²) in [5, 5.41) is 0. The van der Waals surface area contributed by atoms with E-state index in [2.05, 4.69) is 0 Å². The van der Waals surface area contributed by atoms with Crippen LogP contribution in [0.3, 0.4) is 0 Å². The molecule has 2 rings (SSSR count). The number of alkyl halides is 1. The molecule has 0 N–H and O–H groups in total. The van der Waals surface area contributed by atoms with Gasteiger partial charge < -0.3 is 4.74 Å². The molecule has 0 aliphatic heterocycles. The molecule has 106 valence electrons. The highest BCUT2D eigenvalue weighted by molar-refractivity contribution is 6.26. The van der Waals surface area contributed by atoms with Gasteiger partial charge in [-0.15, -0.1) is 11.6 Å². The van der Waals surface area contributed by atoms with Crippen molar-refractivity contribution in [1.82, 2.24) is 0 Å². The van der Waals surface area contributed by atoms with Crippen LogP contribution in [-0.2, 0) is 9.53 Å². The Balaban J connectivity index is 2.21. The molecule has 0 radical (unpaired) electrons. The quantitative estimate of drug-likeness (QED) is 0.351. The number of hydrogen-bond donors (Lipinski definition) is 0. The summed E-state index contributed by atoms with van der Waals surface area (Å²) in [6.45, 7) is 0. The second-order valence-corrected chi connectivity index (χ2v) is 4.54. The molecule has 0 amide bonds. The molecule has 0 bridgehead atoms. The largest absolute Gasteiger partial charge is 0.425 e. The summed E-state index contributed by atoms with van der Waals surface area (Å²) in [6.07, 6.45) is 5.55. The Morgan fingerprint density at radius 2 is 1.62 bits per heavy atom. The average molecular weight is 299 g/mol. The van der Waals surface area contributed by atoms with Gasteiger partial charge in [0, 0.05) is 5.56 Å². The van der Waals surface area contributed by atoms with Crippen molar-refractivity contribution in [3.8, 4) is 0 Å². The van der Waals surface area contributed by atoms with E-state index in [1.165, 1.54) is 0 Å². The summed E-state index contributed by atoms with van der Waals surface area (Å²) in [6, 6.07) is 19.3. The van der Waals surface area contributed by atoms with Gasteiger partial charge in [-0.05, 0) is 11.6 Å². The fourth-order valence-electron chi connectivity index (χ4n) is 1.75. The van der Waals surface area contributed by atoms with Crippen molar-refractivity contribution in [2.45, 2.75) is 0 Å². The monoisotopic (exact) mass is 298 g/mol. The first-order valence-corrected chi connectivity index (χ1v) is 7.08. The van der Waals surface area contributed by atoms with Gasteiger partial charge in [0.15, 0.2) is 0 Å². The number of allylic oxidation sites excluding steroid dienone is 2. The average Bonchev–Trinajstić information content (AvgIpc) is 2.55. The predicted octanol–water partition coefficient (Wildman–Crippen LogP) is 4.52. The summed E-state index contributed by atoms with van der Waals surface area (Å²) in [7, 11) is 0. The summed E-state index contributed by atoms with van der Waals surface area (Å²) in [4.78, 5) is 11.4. The fourth-order valence-corrected chi connectivity index (χ4v) is 1.81. The predicted molar refractivity (Wildman–Crippen MR) is 86.7 cm³/mol. The summed E-state index contributed by atoms with van der Waals surface area (Å²) in [5.41, 5.74) is 1.90. The minimum atomic E-state index is -0.472. The van der Waals surface area contributed by atoms with E-state index in [1.807, 2.05) is 72.8 Å². The molecule has 3 heteroatoms. The van der Waals surface area contributed by atoms with Gasteiger partial charge in [-0.1, -0.05) is 72.8 Å². The lowest BCUT2D eigenvalue weighted by Crippen LogP contribution is -2.04. The van der Waals surface area contributed by atoms with Crippen molar-refractivity contribution >= 4 is 29.4 Å². The van der Waals surface area contributed by atoms with Gasteiger partial charge in [-0.3, -0.25) is 4.79 Å². The zero-order valence-corrected chi connectivity index (χ0v) is 12.2. The van der Waals surface area contributed by atoms with Crippen LogP contribution >= 0.6 is 11.6 Å². The molecule has 2 nitrogen and oxygen atoms in total.